The van der Waals surface area contributed by atoms with Gasteiger partial charge in [0, 0.05) is 11.1 Å². The Kier molecular flexibility index (Phi) is 3.88. The summed E-state index contributed by atoms with van der Waals surface area (Å²) in [5.74, 6) is -0.263. The molecule has 0 saturated carbocycles. The second kappa shape index (κ2) is 5.81. The molecule has 6 heteroatoms. The van der Waals surface area contributed by atoms with E-state index in [1.54, 1.807) is 23.6 Å². The Labute approximate surface area is 126 Å². The van der Waals surface area contributed by atoms with Crippen molar-refractivity contribution in [3.8, 4) is 0 Å². The minimum absolute atomic E-state index is 0.117. The number of urea groups is 1. The van der Waals surface area contributed by atoms with Gasteiger partial charge in [0.25, 0.3) is 0 Å². The van der Waals surface area contributed by atoms with Crippen LogP contribution in [-0.2, 0) is 13.0 Å². The lowest BCUT2D eigenvalue weighted by molar-refractivity contribution is 0.236. The van der Waals surface area contributed by atoms with E-state index in [0.29, 0.717) is 6.54 Å². The fourth-order valence-electron chi connectivity index (χ4n) is 2.57. The molecular weight excluding hydrogens is 289 g/mol. The fourth-order valence-corrected chi connectivity index (χ4v) is 3.30. The topological polar surface area (TPSA) is 54.0 Å². The van der Waals surface area contributed by atoms with Crippen LogP contribution in [0.2, 0.25) is 0 Å². The highest BCUT2D eigenvalue weighted by Gasteiger charge is 2.24. The number of amides is 2. The van der Waals surface area contributed by atoms with E-state index < -0.39 is 0 Å². The number of nitrogens with one attached hydrogen (secondary N) is 2. The second-order valence-electron chi connectivity index (χ2n) is 5.13. The number of benzene rings is 1. The van der Waals surface area contributed by atoms with Crippen molar-refractivity contribution in [2.45, 2.75) is 32.4 Å². The summed E-state index contributed by atoms with van der Waals surface area (Å²) in [6, 6.07) is 4.41. The van der Waals surface area contributed by atoms with E-state index in [4.69, 9.17) is 0 Å². The first-order valence-electron chi connectivity index (χ1n) is 6.86. The zero-order valence-electron chi connectivity index (χ0n) is 11.6. The van der Waals surface area contributed by atoms with Crippen molar-refractivity contribution in [1.29, 1.82) is 0 Å². The number of nitrogens with zero attached hydrogens (tertiary/aromatic N) is 1. The number of halogens is 1. The third kappa shape index (κ3) is 3.21. The Morgan fingerprint density at radius 2 is 2.38 bits per heavy atom. The molecule has 4 nitrogen and oxygen atoms in total. The summed E-state index contributed by atoms with van der Waals surface area (Å²) in [6.45, 7) is 2.39. The zero-order valence-corrected chi connectivity index (χ0v) is 12.5. The summed E-state index contributed by atoms with van der Waals surface area (Å²) in [7, 11) is 0. The van der Waals surface area contributed by atoms with E-state index in [2.05, 4.69) is 15.6 Å². The highest BCUT2D eigenvalue weighted by Crippen LogP contribution is 2.31. The molecular formula is C15H16FN3OS. The van der Waals surface area contributed by atoms with Gasteiger partial charge in [0.2, 0.25) is 0 Å². The van der Waals surface area contributed by atoms with E-state index in [1.807, 2.05) is 6.92 Å². The molecule has 21 heavy (non-hydrogen) atoms. The smallest absolute Gasteiger partial charge is 0.315 e. The molecule has 0 fully saturated rings. The van der Waals surface area contributed by atoms with Crippen LogP contribution in [-0.4, -0.2) is 11.0 Å². The fraction of sp³-hybridized carbons (Fsp3) is 0.333. The van der Waals surface area contributed by atoms with Gasteiger partial charge < -0.3 is 10.6 Å². The van der Waals surface area contributed by atoms with Crippen molar-refractivity contribution in [3.63, 3.8) is 0 Å². The number of rotatable bonds is 3. The van der Waals surface area contributed by atoms with Gasteiger partial charge in [0.05, 0.1) is 12.6 Å². The van der Waals surface area contributed by atoms with Crippen molar-refractivity contribution in [2.24, 2.45) is 0 Å². The summed E-state index contributed by atoms with van der Waals surface area (Å²) >= 11 is 1.56. The second-order valence-corrected chi connectivity index (χ2v) is 6.45. The monoisotopic (exact) mass is 305 g/mol. The number of thiazole rings is 1. The lowest BCUT2D eigenvalue weighted by Crippen LogP contribution is -2.36. The Morgan fingerprint density at radius 1 is 1.52 bits per heavy atom. The van der Waals surface area contributed by atoms with Crippen molar-refractivity contribution in [3.05, 3.63) is 51.2 Å². The van der Waals surface area contributed by atoms with Gasteiger partial charge in [-0.25, -0.2) is 14.2 Å². The molecule has 1 aliphatic rings. The highest BCUT2D eigenvalue weighted by molar-refractivity contribution is 7.11. The van der Waals surface area contributed by atoms with Gasteiger partial charge in [-0.1, -0.05) is 6.07 Å². The minimum Gasteiger partial charge on any atom is -0.332 e. The van der Waals surface area contributed by atoms with Gasteiger partial charge in [-0.05, 0) is 43.0 Å². The maximum atomic E-state index is 13.3. The van der Waals surface area contributed by atoms with E-state index in [0.717, 1.165) is 33.9 Å². The summed E-state index contributed by atoms with van der Waals surface area (Å²) in [5.41, 5.74) is 1.99. The Morgan fingerprint density at radius 3 is 3.14 bits per heavy atom. The van der Waals surface area contributed by atoms with Crippen molar-refractivity contribution in [2.75, 3.05) is 0 Å². The van der Waals surface area contributed by atoms with Crippen LogP contribution in [0.1, 0.15) is 33.5 Å². The molecule has 2 N–H and O–H groups in total. The molecule has 3 rings (SSSR count). The van der Waals surface area contributed by atoms with Crippen molar-refractivity contribution < 1.29 is 9.18 Å². The molecule has 1 aliphatic carbocycles. The molecule has 110 valence electrons. The molecule has 0 saturated heterocycles. The SMILES string of the molecule is Cc1cnc(CNC(=O)N[C@@H]2CCc3ccc(F)cc32)s1. The van der Waals surface area contributed by atoms with Gasteiger partial charge in [-0.2, -0.15) is 0 Å². The third-order valence-corrected chi connectivity index (χ3v) is 4.47. The molecule has 2 aromatic rings. The average molecular weight is 305 g/mol. The molecule has 0 spiro atoms. The standard InChI is InChI=1S/C15H16FN3OS/c1-9-7-17-14(21-9)8-18-15(20)19-13-5-3-10-2-4-11(16)6-12(10)13/h2,4,6-7,13H,3,5,8H2,1H3,(H2,18,19,20)/t13-/m1/s1. The quantitative estimate of drug-likeness (QED) is 0.915. The number of hydrogen-bond acceptors (Lipinski definition) is 3. The summed E-state index contributed by atoms with van der Waals surface area (Å²) < 4.78 is 13.3. The molecule has 0 bridgehead atoms. The van der Waals surface area contributed by atoms with E-state index in [1.165, 1.54) is 12.1 Å². The molecule has 0 aliphatic heterocycles. The number of aromatic nitrogens is 1. The Balaban J connectivity index is 1.58. The van der Waals surface area contributed by atoms with Crippen molar-refractivity contribution >= 4 is 17.4 Å². The van der Waals surface area contributed by atoms with Crippen molar-refractivity contribution in [1.82, 2.24) is 15.6 Å². The first kappa shape index (κ1) is 14.0. The number of aryl methyl sites for hydroxylation is 2. The van der Waals surface area contributed by atoms with Crippen LogP contribution in [0.25, 0.3) is 0 Å². The number of fused-ring (bicyclic) bond motifs is 1. The molecule has 2 amide bonds. The lowest BCUT2D eigenvalue weighted by atomic mass is 10.1. The van der Waals surface area contributed by atoms with E-state index >= 15 is 0 Å². The summed E-state index contributed by atoms with van der Waals surface area (Å²) in [5, 5.41) is 6.56. The Hall–Kier alpha value is -1.95. The molecule has 0 radical (unpaired) electrons. The van der Waals surface area contributed by atoms with Gasteiger partial charge in [0.15, 0.2) is 0 Å². The highest BCUT2D eigenvalue weighted by atomic mass is 32.1. The van der Waals surface area contributed by atoms with Gasteiger partial charge in [0.1, 0.15) is 10.8 Å². The first-order chi connectivity index (χ1) is 10.1. The first-order valence-corrected chi connectivity index (χ1v) is 7.67. The van der Waals surface area contributed by atoms with Crippen LogP contribution in [0, 0.1) is 12.7 Å². The molecule has 0 unspecified atom stereocenters. The summed E-state index contributed by atoms with van der Waals surface area (Å²) in [4.78, 5) is 17.2. The van der Waals surface area contributed by atoms with Gasteiger partial charge >= 0.3 is 6.03 Å². The van der Waals surface area contributed by atoms with E-state index in [9.17, 15) is 9.18 Å². The Bertz CT molecular complexity index is 671. The predicted octanol–water partition coefficient (Wildman–Crippen LogP) is 3.08. The van der Waals surface area contributed by atoms with Crippen LogP contribution in [0.4, 0.5) is 9.18 Å². The lowest BCUT2D eigenvalue weighted by Gasteiger charge is -2.14. The number of carbonyl (C=O) groups excluding carboxylic acids is 1. The maximum Gasteiger partial charge on any atom is 0.315 e. The molecule has 1 aromatic heterocycles. The van der Waals surface area contributed by atoms with Gasteiger partial charge in [-0.3, -0.25) is 0 Å². The van der Waals surface area contributed by atoms with Crippen LogP contribution < -0.4 is 10.6 Å². The zero-order chi connectivity index (χ0) is 14.8. The predicted molar refractivity (Wildman–Crippen MR) is 79.7 cm³/mol. The minimum atomic E-state index is -0.263. The average Bonchev–Trinajstić information content (AvgIpc) is 3.04. The third-order valence-electron chi connectivity index (χ3n) is 3.56. The largest absolute Gasteiger partial charge is 0.332 e. The normalized spacial score (nSPS) is 16.6. The maximum absolute atomic E-state index is 13.3. The number of carbonyl (C=O) groups is 1. The molecule has 1 aromatic carbocycles. The van der Waals surface area contributed by atoms with E-state index in [-0.39, 0.29) is 17.9 Å². The van der Waals surface area contributed by atoms with Crippen LogP contribution in [0.3, 0.4) is 0 Å². The van der Waals surface area contributed by atoms with Gasteiger partial charge in [-0.15, -0.1) is 11.3 Å². The molecule has 1 atom stereocenters. The van der Waals surface area contributed by atoms with Crippen LogP contribution in [0.5, 0.6) is 0 Å². The van der Waals surface area contributed by atoms with Crippen LogP contribution >= 0.6 is 11.3 Å². The number of hydrogen-bond donors (Lipinski definition) is 2. The summed E-state index contributed by atoms with van der Waals surface area (Å²) in [6.07, 6.45) is 3.46. The van der Waals surface area contributed by atoms with Crippen LogP contribution in [0.15, 0.2) is 24.4 Å². The molecule has 1 heterocycles.